The quantitative estimate of drug-likeness (QED) is 0.787. The molecule has 4 heteroatoms. The van der Waals surface area contributed by atoms with E-state index in [0.717, 1.165) is 5.56 Å². The molecule has 0 aliphatic rings. The van der Waals surface area contributed by atoms with Gasteiger partial charge >= 0.3 is 0 Å². The number of aliphatic hydroxyl groups excluding tert-OH is 1. The zero-order valence-electron chi connectivity index (χ0n) is 13.4. The average Bonchev–Trinajstić information content (AvgIpc) is 2.60. The third kappa shape index (κ3) is 4.83. The molecule has 0 aliphatic carbocycles. The number of para-hydroxylation sites is 1. The molecule has 4 nitrogen and oxygen atoms in total. The Balaban J connectivity index is 2.05. The van der Waals surface area contributed by atoms with Crippen LogP contribution in [0.5, 0.6) is 5.75 Å². The van der Waals surface area contributed by atoms with Crippen molar-refractivity contribution in [3.8, 4) is 5.75 Å². The Bertz CT molecular complexity index is 613. The highest BCUT2D eigenvalue weighted by atomic mass is 16.5. The summed E-state index contributed by atoms with van der Waals surface area (Å²) in [6.45, 7) is 2.97. The van der Waals surface area contributed by atoms with Gasteiger partial charge in [0.2, 0.25) is 0 Å². The van der Waals surface area contributed by atoms with Crippen LogP contribution in [-0.4, -0.2) is 30.8 Å². The minimum atomic E-state index is -0.159. The van der Waals surface area contributed by atoms with Crippen LogP contribution in [0, 0.1) is 0 Å². The fourth-order valence-electron chi connectivity index (χ4n) is 2.51. The third-order valence-electron chi connectivity index (χ3n) is 3.69. The molecular formula is C19H23NO3. The second-order valence-corrected chi connectivity index (χ2v) is 5.26. The van der Waals surface area contributed by atoms with Crippen molar-refractivity contribution in [2.45, 2.75) is 19.3 Å². The summed E-state index contributed by atoms with van der Waals surface area (Å²) >= 11 is 0. The molecule has 1 amide bonds. The van der Waals surface area contributed by atoms with Crippen LogP contribution in [0.2, 0.25) is 0 Å². The summed E-state index contributed by atoms with van der Waals surface area (Å²) in [6.07, 6.45) is 0.609. The van der Waals surface area contributed by atoms with Gasteiger partial charge in [0, 0.05) is 19.1 Å². The van der Waals surface area contributed by atoms with E-state index in [1.54, 1.807) is 12.1 Å². The zero-order valence-corrected chi connectivity index (χ0v) is 13.4. The lowest BCUT2D eigenvalue weighted by molar-refractivity contribution is 0.0945. The number of carbonyl (C=O) groups excluding carboxylic acids is 1. The van der Waals surface area contributed by atoms with Crippen molar-refractivity contribution in [2.75, 3.05) is 19.8 Å². The van der Waals surface area contributed by atoms with Gasteiger partial charge < -0.3 is 15.2 Å². The molecule has 0 radical (unpaired) electrons. The minimum absolute atomic E-state index is 0.0874. The van der Waals surface area contributed by atoms with Gasteiger partial charge in [-0.1, -0.05) is 42.5 Å². The average molecular weight is 313 g/mol. The summed E-state index contributed by atoms with van der Waals surface area (Å²) in [4.78, 5) is 12.4. The number of ether oxygens (including phenoxy) is 1. The van der Waals surface area contributed by atoms with Crippen molar-refractivity contribution in [1.82, 2.24) is 5.32 Å². The number of hydrogen-bond acceptors (Lipinski definition) is 3. The molecular weight excluding hydrogens is 290 g/mol. The highest BCUT2D eigenvalue weighted by Crippen LogP contribution is 2.20. The van der Waals surface area contributed by atoms with E-state index in [1.807, 2.05) is 49.4 Å². The van der Waals surface area contributed by atoms with Gasteiger partial charge in [-0.15, -0.1) is 0 Å². The van der Waals surface area contributed by atoms with Crippen LogP contribution in [0.3, 0.4) is 0 Å². The molecule has 1 atom stereocenters. The second-order valence-electron chi connectivity index (χ2n) is 5.26. The van der Waals surface area contributed by atoms with E-state index in [9.17, 15) is 9.90 Å². The van der Waals surface area contributed by atoms with Gasteiger partial charge in [0.1, 0.15) is 5.75 Å². The lowest BCUT2D eigenvalue weighted by Gasteiger charge is -2.18. The van der Waals surface area contributed by atoms with E-state index in [-0.39, 0.29) is 18.4 Å². The molecule has 0 heterocycles. The van der Waals surface area contributed by atoms with Crippen molar-refractivity contribution >= 4 is 5.91 Å². The van der Waals surface area contributed by atoms with Gasteiger partial charge in [0.05, 0.1) is 12.2 Å². The highest BCUT2D eigenvalue weighted by molar-refractivity contribution is 5.96. The first-order valence-corrected chi connectivity index (χ1v) is 7.92. The molecule has 0 bridgehead atoms. The largest absolute Gasteiger partial charge is 0.493 e. The van der Waals surface area contributed by atoms with Crippen LogP contribution in [0.1, 0.15) is 35.2 Å². The van der Waals surface area contributed by atoms with Gasteiger partial charge in [-0.25, -0.2) is 0 Å². The topological polar surface area (TPSA) is 58.6 Å². The fraction of sp³-hybridized carbons (Fsp3) is 0.316. The lowest BCUT2D eigenvalue weighted by Crippen LogP contribution is -2.29. The van der Waals surface area contributed by atoms with Crippen molar-refractivity contribution in [3.63, 3.8) is 0 Å². The van der Waals surface area contributed by atoms with E-state index >= 15 is 0 Å². The molecule has 1 unspecified atom stereocenters. The molecule has 2 aromatic carbocycles. The first-order chi connectivity index (χ1) is 11.3. The van der Waals surface area contributed by atoms with E-state index in [0.29, 0.717) is 30.9 Å². The lowest BCUT2D eigenvalue weighted by atomic mass is 9.96. The van der Waals surface area contributed by atoms with Crippen LogP contribution < -0.4 is 10.1 Å². The van der Waals surface area contributed by atoms with Crippen molar-refractivity contribution in [3.05, 3.63) is 65.7 Å². The Morgan fingerprint density at radius 2 is 1.83 bits per heavy atom. The Hall–Kier alpha value is -2.33. The Kier molecular flexibility index (Phi) is 6.63. The van der Waals surface area contributed by atoms with Crippen molar-refractivity contribution < 1.29 is 14.6 Å². The maximum Gasteiger partial charge on any atom is 0.255 e. The predicted molar refractivity (Wildman–Crippen MR) is 90.8 cm³/mol. The maximum atomic E-state index is 12.4. The van der Waals surface area contributed by atoms with Gasteiger partial charge in [0.25, 0.3) is 5.91 Å². The number of benzene rings is 2. The molecule has 122 valence electrons. The normalized spacial score (nSPS) is 11.7. The van der Waals surface area contributed by atoms with E-state index in [1.165, 1.54) is 0 Å². The second kappa shape index (κ2) is 8.96. The SMILES string of the molecule is CCOc1ccccc1C(=O)NCC(CCO)c1ccccc1. The van der Waals surface area contributed by atoms with E-state index < -0.39 is 0 Å². The first kappa shape index (κ1) is 17.0. The van der Waals surface area contributed by atoms with E-state index in [2.05, 4.69) is 5.32 Å². The predicted octanol–water partition coefficient (Wildman–Crippen LogP) is 2.98. The standard InChI is InChI=1S/C19H23NO3/c1-2-23-18-11-7-6-10-17(18)19(22)20-14-16(12-13-21)15-8-4-3-5-9-15/h3-11,16,21H,2,12-14H2,1H3,(H,20,22). The number of nitrogens with one attached hydrogen (secondary N) is 1. The van der Waals surface area contributed by atoms with Crippen LogP contribution in [0.25, 0.3) is 0 Å². The molecule has 23 heavy (non-hydrogen) atoms. The maximum absolute atomic E-state index is 12.4. The first-order valence-electron chi connectivity index (χ1n) is 7.92. The van der Waals surface area contributed by atoms with Gasteiger partial charge in [-0.3, -0.25) is 4.79 Å². The molecule has 2 rings (SSSR count). The summed E-state index contributed by atoms with van der Waals surface area (Å²) in [6, 6.07) is 17.1. The summed E-state index contributed by atoms with van der Waals surface area (Å²) in [5, 5.41) is 12.2. The summed E-state index contributed by atoms with van der Waals surface area (Å²) < 4.78 is 5.50. The molecule has 0 aromatic heterocycles. The summed E-state index contributed by atoms with van der Waals surface area (Å²) in [7, 11) is 0. The van der Waals surface area contributed by atoms with Crippen molar-refractivity contribution in [2.24, 2.45) is 0 Å². The van der Waals surface area contributed by atoms with Gasteiger partial charge in [-0.2, -0.15) is 0 Å². The molecule has 0 aliphatic heterocycles. The zero-order chi connectivity index (χ0) is 16.5. The molecule has 2 N–H and O–H groups in total. The van der Waals surface area contributed by atoms with Crippen LogP contribution >= 0.6 is 0 Å². The van der Waals surface area contributed by atoms with Crippen molar-refractivity contribution in [1.29, 1.82) is 0 Å². The number of hydrogen-bond donors (Lipinski definition) is 2. The fourth-order valence-corrected chi connectivity index (χ4v) is 2.51. The number of carbonyl (C=O) groups is 1. The van der Waals surface area contributed by atoms with E-state index in [4.69, 9.17) is 4.74 Å². The van der Waals surface area contributed by atoms with Crippen LogP contribution in [-0.2, 0) is 0 Å². The Labute approximate surface area is 137 Å². The highest BCUT2D eigenvalue weighted by Gasteiger charge is 2.15. The summed E-state index contributed by atoms with van der Waals surface area (Å²) in [5.41, 5.74) is 1.64. The Morgan fingerprint density at radius 3 is 2.52 bits per heavy atom. The molecule has 0 fully saturated rings. The summed E-state index contributed by atoms with van der Waals surface area (Å²) in [5.74, 6) is 0.517. The smallest absolute Gasteiger partial charge is 0.255 e. The number of amides is 1. The van der Waals surface area contributed by atoms with Crippen LogP contribution in [0.15, 0.2) is 54.6 Å². The number of rotatable bonds is 8. The molecule has 0 saturated carbocycles. The number of aliphatic hydroxyl groups is 1. The minimum Gasteiger partial charge on any atom is -0.493 e. The van der Waals surface area contributed by atoms with Crippen LogP contribution in [0.4, 0.5) is 0 Å². The monoisotopic (exact) mass is 313 g/mol. The molecule has 2 aromatic rings. The molecule has 0 saturated heterocycles. The molecule has 0 spiro atoms. The third-order valence-corrected chi connectivity index (χ3v) is 3.69. The Morgan fingerprint density at radius 1 is 1.13 bits per heavy atom. The van der Waals surface area contributed by atoms with Gasteiger partial charge in [-0.05, 0) is 31.0 Å². The van der Waals surface area contributed by atoms with Gasteiger partial charge in [0.15, 0.2) is 0 Å².